The number of hydrogen-bond acceptors (Lipinski definition) is 7. The topological polar surface area (TPSA) is 86.8 Å². The van der Waals surface area contributed by atoms with Crippen molar-refractivity contribution < 1.29 is 4.79 Å². The van der Waals surface area contributed by atoms with Crippen molar-refractivity contribution in [1.29, 1.82) is 0 Å². The first-order valence-electron chi connectivity index (χ1n) is 10.8. The number of aryl methyl sites for hydroxylation is 1. The van der Waals surface area contributed by atoms with E-state index in [4.69, 9.17) is 0 Å². The summed E-state index contributed by atoms with van der Waals surface area (Å²) in [7, 11) is 1.90. The van der Waals surface area contributed by atoms with E-state index in [1.165, 1.54) is 10.4 Å². The van der Waals surface area contributed by atoms with E-state index in [0.717, 1.165) is 56.8 Å². The zero-order valence-electron chi connectivity index (χ0n) is 18.6. The van der Waals surface area contributed by atoms with Gasteiger partial charge in [-0.1, -0.05) is 0 Å². The van der Waals surface area contributed by atoms with Gasteiger partial charge in [-0.05, 0) is 57.1 Å². The van der Waals surface area contributed by atoms with Crippen molar-refractivity contribution in [2.45, 2.75) is 44.0 Å². The molecule has 1 aliphatic rings. The highest BCUT2D eigenvalue weighted by atomic mass is 32.2. The number of hydrogen-bond donors (Lipinski definition) is 2. The Labute approximate surface area is 195 Å². The van der Waals surface area contributed by atoms with Gasteiger partial charge in [0.25, 0.3) is 0 Å². The molecule has 4 aromatic rings. The fourth-order valence-electron chi connectivity index (χ4n) is 4.32. The number of anilines is 2. The molecule has 0 aliphatic heterocycles. The molecular formula is C23H26N6OS2. The van der Waals surface area contributed by atoms with Crippen LogP contribution in [0.5, 0.6) is 0 Å². The van der Waals surface area contributed by atoms with Crippen LogP contribution in [0.2, 0.25) is 0 Å². The Balaban J connectivity index is 1.50. The predicted octanol–water partition coefficient (Wildman–Crippen LogP) is 5.00. The first-order chi connectivity index (χ1) is 15.5. The lowest BCUT2D eigenvalue weighted by molar-refractivity contribution is -0.136. The number of benzene rings is 1. The maximum atomic E-state index is 12.9. The lowest BCUT2D eigenvalue weighted by Crippen LogP contribution is -2.39. The molecule has 0 radical (unpaired) electrons. The number of carbonyl (C=O) groups is 1. The third-order valence-electron chi connectivity index (χ3n) is 6.33. The normalized spacial score (nSPS) is 16.0. The Hall–Kier alpha value is -2.65. The van der Waals surface area contributed by atoms with Crippen molar-refractivity contribution in [3.8, 4) is 0 Å². The summed E-state index contributed by atoms with van der Waals surface area (Å²) in [5.74, 6) is 1.11. The van der Waals surface area contributed by atoms with Gasteiger partial charge in [0.1, 0.15) is 17.0 Å². The number of thioether (sulfide) groups is 1. The van der Waals surface area contributed by atoms with Gasteiger partial charge in [0.05, 0.1) is 22.8 Å². The Morgan fingerprint density at radius 2 is 2.19 bits per heavy atom. The second-order valence-electron chi connectivity index (χ2n) is 8.52. The molecule has 1 atom stereocenters. The third-order valence-corrected chi connectivity index (χ3v) is 8.27. The Morgan fingerprint density at radius 3 is 2.97 bits per heavy atom. The predicted molar refractivity (Wildman–Crippen MR) is 132 cm³/mol. The molecule has 1 aliphatic carbocycles. The summed E-state index contributed by atoms with van der Waals surface area (Å²) in [5.41, 5.74) is 3.32. The zero-order chi connectivity index (χ0) is 22.4. The van der Waals surface area contributed by atoms with Crippen LogP contribution < -0.4 is 5.32 Å². The molecule has 0 spiro atoms. The summed E-state index contributed by atoms with van der Waals surface area (Å²) in [6.07, 6.45) is 8.03. The van der Waals surface area contributed by atoms with Gasteiger partial charge in [0.15, 0.2) is 0 Å². The molecule has 0 saturated heterocycles. The second-order valence-corrected chi connectivity index (χ2v) is 10.5. The molecule has 2 N–H and O–H groups in total. The standard InChI is InChI=1S/C23H26N6OS2/c1-12(2)29(3)23(30)13-5-6-15-18(8-13)32-22-20(15)21(24-11-25-22)27-17-7-14-10-26-28-16(14)9-19(17)31-4/h7,9-13H,5-6,8H2,1-4H3,(H,26,28)(H,24,25,27). The molecule has 9 heteroatoms. The third kappa shape index (κ3) is 3.63. The lowest BCUT2D eigenvalue weighted by atomic mass is 9.86. The van der Waals surface area contributed by atoms with Crippen LogP contribution in [0.3, 0.4) is 0 Å². The van der Waals surface area contributed by atoms with Crippen LogP contribution >= 0.6 is 23.1 Å². The number of H-pyrrole nitrogens is 1. The van der Waals surface area contributed by atoms with Crippen molar-refractivity contribution >= 4 is 61.6 Å². The smallest absolute Gasteiger partial charge is 0.226 e. The summed E-state index contributed by atoms with van der Waals surface area (Å²) < 4.78 is 0. The molecule has 7 nitrogen and oxygen atoms in total. The SMILES string of the molecule is CSc1cc2[nH]ncc2cc1Nc1ncnc2sc3c(c12)CCC(C(=O)N(C)C(C)C)C3. The Kier molecular flexibility index (Phi) is 5.54. The highest BCUT2D eigenvalue weighted by Gasteiger charge is 2.31. The van der Waals surface area contributed by atoms with E-state index >= 15 is 0 Å². The van der Waals surface area contributed by atoms with Crippen LogP contribution in [0.25, 0.3) is 21.1 Å². The van der Waals surface area contributed by atoms with Crippen molar-refractivity contribution in [2.24, 2.45) is 5.92 Å². The number of rotatable bonds is 5. The zero-order valence-corrected chi connectivity index (χ0v) is 20.2. The summed E-state index contributed by atoms with van der Waals surface area (Å²) in [5, 5.41) is 12.9. The quantitative estimate of drug-likeness (QED) is 0.402. The summed E-state index contributed by atoms with van der Waals surface area (Å²) in [6, 6.07) is 4.43. The van der Waals surface area contributed by atoms with Crippen LogP contribution in [-0.2, 0) is 17.6 Å². The van der Waals surface area contributed by atoms with Crippen LogP contribution in [0, 0.1) is 5.92 Å². The number of aromatic amines is 1. The van der Waals surface area contributed by atoms with Crippen molar-refractivity contribution in [3.05, 3.63) is 35.1 Å². The molecule has 1 aromatic carbocycles. The number of fused-ring (bicyclic) bond motifs is 4. The molecule has 0 saturated carbocycles. The molecule has 0 fully saturated rings. The van der Waals surface area contributed by atoms with Gasteiger partial charge in [-0.15, -0.1) is 23.1 Å². The summed E-state index contributed by atoms with van der Waals surface area (Å²) in [4.78, 5) is 27.3. The van der Waals surface area contributed by atoms with E-state index in [-0.39, 0.29) is 17.9 Å². The van der Waals surface area contributed by atoms with Crippen molar-refractivity contribution in [2.75, 3.05) is 18.6 Å². The first-order valence-corrected chi connectivity index (χ1v) is 12.8. The number of carbonyl (C=O) groups excluding carboxylic acids is 1. The van der Waals surface area contributed by atoms with Gasteiger partial charge in [0.2, 0.25) is 5.91 Å². The average molecular weight is 467 g/mol. The maximum Gasteiger partial charge on any atom is 0.226 e. The summed E-state index contributed by atoms with van der Waals surface area (Å²) in [6.45, 7) is 4.12. The van der Waals surface area contributed by atoms with Crippen molar-refractivity contribution in [3.63, 3.8) is 0 Å². The van der Waals surface area contributed by atoms with Gasteiger partial charge in [-0.2, -0.15) is 5.10 Å². The highest BCUT2D eigenvalue weighted by molar-refractivity contribution is 7.98. The van der Waals surface area contributed by atoms with E-state index in [0.29, 0.717) is 0 Å². The largest absolute Gasteiger partial charge is 0.343 e. The lowest BCUT2D eigenvalue weighted by Gasteiger charge is -2.29. The van der Waals surface area contributed by atoms with Gasteiger partial charge >= 0.3 is 0 Å². The van der Waals surface area contributed by atoms with E-state index in [2.05, 4.69) is 57.7 Å². The van der Waals surface area contributed by atoms with Gasteiger partial charge < -0.3 is 10.2 Å². The Morgan fingerprint density at radius 1 is 1.34 bits per heavy atom. The molecule has 1 unspecified atom stereocenters. The minimum atomic E-state index is 0.0407. The molecule has 166 valence electrons. The van der Waals surface area contributed by atoms with E-state index in [1.54, 1.807) is 29.4 Å². The van der Waals surface area contributed by atoms with Gasteiger partial charge in [-0.25, -0.2) is 9.97 Å². The van der Waals surface area contributed by atoms with Crippen LogP contribution in [-0.4, -0.2) is 50.3 Å². The van der Waals surface area contributed by atoms with E-state index in [9.17, 15) is 4.79 Å². The fraction of sp³-hybridized carbons (Fsp3) is 0.391. The number of thiophene rings is 1. The number of nitrogens with one attached hydrogen (secondary N) is 2. The number of aromatic nitrogens is 4. The van der Waals surface area contributed by atoms with E-state index < -0.39 is 0 Å². The van der Waals surface area contributed by atoms with Crippen LogP contribution in [0.15, 0.2) is 29.6 Å². The average Bonchev–Trinajstić information content (AvgIpc) is 3.40. The van der Waals surface area contributed by atoms with Gasteiger partial charge in [0, 0.05) is 34.2 Å². The summed E-state index contributed by atoms with van der Waals surface area (Å²) >= 11 is 3.38. The van der Waals surface area contributed by atoms with Crippen LogP contribution in [0.4, 0.5) is 11.5 Å². The first kappa shape index (κ1) is 21.2. The minimum Gasteiger partial charge on any atom is -0.343 e. The molecule has 32 heavy (non-hydrogen) atoms. The van der Waals surface area contributed by atoms with Gasteiger partial charge in [-0.3, -0.25) is 9.89 Å². The number of nitrogens with zero attached hydrogens (tertiary/aromatic N) is 4. The van der Waals surface area contributed by atoms with E-state index in [1.807, 2.05) is 18.1 Å². The molecule has 5 rings (SSSR count). The molecular weight excluding hydrogens is 440 g/mol. The molecule has 3 aromatic heterocycles. The number of amides is 1. The maximum absolute atomic E-state index is 12.9. The van der Waals surface area contributed by atoms with Crippen molar-refractivity contribution in [1.82, 2.24) is 25.1 Å². The molecule has 1 amide bonds. The molecule has 3 heterocycles. The molecule has 0 bridgehead atoms. The monoisotopic (exact) mass is 466 g/mol. The van der Waals surface area contributed by atoms with Crippen LogP contribution in [0.1, 0.15) is 30.7 Å². The second kappa shape index (κ2) is 8.37. The minimum absolute atomic E-state index is 0.0407. The highest BCUT2D eigenvalue weighted by Crippen LogP contribution is 2.41. The Bertz CT molecular complexity index is 1310. The fourth-order valence-corrected chi connectivity index (χ4v) is 6.16.